The number of amides is 1. The first-order chi connectivity index (χ1) is 13.6. The van der Waals surface area contributed by atoms with Crippen molar-refractivity contribution >= 4 is 5.91 Å². The Morgan fingerprint density at radius 1 is 1.18 bits per heavy atom. The molecule has 0 spiro atoms. The highest BCUT2D eigenvalue weighted by Crippen LogP contribution is 2.24. The second-order valence-corrected chi connectivity index (χ2v) is 7.57. The van der Waals surface area contributed by atoms with E-state index >= 15 is 0 Å². The molecule has 0 aliphatic carbocycles. The van der Waals surface area contributed by atoms with Gasteiger partial charge < -0.3 is 9.42 Å². The molecule has 1 amide bonds. The van der Waals surface area contributed by atoms with Crippen molar-refractivity contribution in [1.82, 2.24) is 20.0 Å². The van der Waals surface area contributed by atoms with Crippen LogP contribution in [0.4, 0.5) is 0 Å². The van der Waals surface area contributed by atoms with Gasteiger partial charge in [0.15, 0.2) is 0 Å². The number of likely N-dealkylation sites (tertiary alicyclic amines) is 1. The minimum absolute atomic E-state index is 0.127. The summed E-state index contributed by atoms with van der Waals surface area (Å²) in [5.74, 6) is 1.80. The molecule has 0 unspecified atom stereocenters. The molecule has 1 saturated heterocycles. The third kappa shape index (κ3) is 4.11. The van der Waals surface area contributed by atoms with E-state index in [0.29, 0.717) is 17.6 Å². The third-order valence-corrected chi connectivity index (χ3v) is 5.22. The number of carbonyl (C=O) groups excluding carboxylic acids is 1. The van der Waals surface area contributed by atoms with Crippen LogP contribution >= 0.6 is 0 Å². The molecule has 3 heterocycles. The first kappa shape index (κ1) is 18.3. The van der Waals surface area contributed by atoms with Crippen molar-refractivity contribution in [3.63, 3.8) is 0 Å². The highest BCUT2D eigenvalue weighted by molar-refractivity contribution is 5.94. The summed E-state index contributed by atoms with van der Waals surface area (Å²) in [7, 11) is 0. The van der Waals surface area contributed by atoms with Crippen molar-refractivity contribution < 1.29 is 9.32 Å². The van der Waals surface area contributed by atoms with Crippen LogP contribution < -0.4 is 0 Å². The Morgan fingerprint density at radius 2 is 1.93 bits per heavy atom. The van der Waals surface area contributed by atoms with Crippen LogP contribution in [0.2, 0.25) is 0 Å². The summed E-state index contributed by atoms with van der Waals surface area (Å²) < 4.78 is 5.42. The molecule has 144 valence electrons. The number of aryl methyl sites for hydroxylation is 2. The quantitative estimate of drug-likeness (QED) is 0.692. The number of piperidine rings is 1. The van der Waals surface area contributed by atoms with Gasteiger partial charge in [-0.25, -0.2) is 0 Å². The van der Waals surface area contributed by atoms with Gasteiger partial charge in [0.05, 0.1) is 0 Å². The van der Waals surface area contributed by atoms with E-state index in [1.165, 1.54) is 0 Å². The van der Waals surface area contributed by atoms with Crippen LogP contribution in [0.5, 0.6) is 0 Å². The fourth-order valence-electron chi connectivity index (χ4n) is 3.82. The number of benzene rings is 1. The SMILES string of the molecule is Cc1cc(C)cc(C(=O)N2CCC(Cc3nc(-c4cccnc4)no3)CC2)c1. The lowest BCUT2D eigenvalue weighted by Crippen LogP contribution is -2.39. The molecule has 2 aromatic heterocycles. The van der Waals surface area contributed by atoms with Gasteiger partial charge in [0, 0.05) is 43.0 Å². The smallest absolute Gasteiger partial charge is 0.253 e. The lowest BCUT2D eigenvalue weighted by atomic mass is 9.93. The van der Waals surface area contributed by atoms with E-state index < -0.39 is 0 Å². The van der Waals surface area contributed by atoms with Gasteiger partial charge in [0.1, 0.15) is 0 Å². The molecule has 1 aliphatic rings. The second-order valence-electron chi connectivity index (χ2n) is 7.57. The number of carbonyl (C=O) groups is 1. The minimum Gasteiger partial charge on any atom is -0.339 e. The molecule has 0 radical (unpaired) electrons. The summed E-state index contributed by atoms with van der Waals surface area (Å²) in [6, 6.07) is 9.80. The molecule has 0 saturated carbocycles. The number of aromatic nitrogens is 3. The van der Waals surface area contributed by atoms with Gasteiger partial charge in [0.2, 0.25) is 11.7 Å². The molecule has 1 fully saturated rings. The molecular formula is C22H24N4O2. The molecule has 0 atom stereocenters. The Hall–Kier alpha value is -3.02. The molecule has 28 heavy (non-hydrogen) atoms. The van der Waals surface area contributed by atoms with Crippen molar-refractivity contribution in [1.29, 1.82) is 0 Å². The average molecular weight is 376 g/mol. The zero-order valence-electron chi connectivity index (χ0n) is 16.3. The van der Waals surface area contributed by atoms with Crippen molar-refractivity contribution in [2.24, 2.45) is 5.92 Å². The third-order valence-electron chi connectivity index (χ3n) is 5.22. The van der Waals surface area contributed by atoms with Crippen LogP contribution in [0.3, 0.4) is 0 Å². The molecule has 1 aliphatic heterocycles. The Balaban J connectivity index is 1.34. The molecule has 0 bridgehead atoms. The van der Waals surface area contributed by atoms with Crippen LogP contribution in [0.1, 0.15) is 40.2 Å². The number of hydrogen-bond donors (Lipinski definition) is 0. The second kappa shape index (κ2) is 7.92. The topological polar surface area (TPSA) is 72.1 Å². The summed E-state index contributed by atoms with van der Waals surface area (Å²) in [5.41, 5.74) is 3.89. The number of hydrogen-bond acceptors (Lipinski definition) is 5. The first-order valence-electron chi connectivity index (χ1n) is 9.69. The van der Waals surface area contributed by atoms with Gasteiger partial charge in [-0.3, -0.25) is 9.78 Å². The largest absolute Gasteiger partial charge is 0.339 e. The van der Waals surface area contributed by atoms with E-state index in [2.05, 4.69) is 21.2 Å². The molecular weight excluding hydrogens is 352 g/mol. The van der Waals surface area contributed by atoms with Gasteiger partial charge in [-0.1, -0.05) is 22.3 Å². The summed E-state index contributed by atoms with van der Waals surface area (Å²) in [6.45, 7) is 5.58. The number of rotatable bonds is 4. The zero-order valence-corrected chi connectivity index (χ0v) is 16.3. The van der Waals surface area contributed by atoms with Crippen molar-refractivity contribution in [3.8, 4) is 11.4 Å². The molecule has 3 aromatic rings. The standard InChI is InChI=1S/C22H24N4O2/c1-15-10-16(2)12-19(11-15)22(27)26-8-5-17(6-9-26)13-20-24-21(25-28-20)18-4-3-7-23-14-18/h3-4,7,10-12,14,17H,5-6,8-9,13H2,1-2H3. The summed E-state index contributed by atoms with van der Waals surface area (Å²) in [4.78, 5) is 23.4. The van der Waals surface area contributed by atoms with Crippen molar-refractivity contribution in [2.45, 2.75) is 33.1 Å². The summed E-state index contributed by atoms with van der Waals surface area (Å²) in [5, 5.41) is 4.06. The normalized spacial score (nSPS) is 15.0. The first-order valence-corrected chi connectivity index (χ1v) is 9.69. The van der Waals surface area contributed by atoms with Gasteiger partial charge in [0.25, 0.3) is 5.91 Å². The fraction of sp³-hybridized carbons (Fsp3) is 0.364. The Labute approximate surface area is 164 Å². The van der Waals surface area contributed by atoms with E-state index in [-0.39, 0.29) is 5.91 Å². The molecule has 6 nitrogen and oxygen atoms in total. The maximum absolute atomic E-state index is 12.8. The molecule has 0 N–H and O–H groups in total. The Morgan fingerprint density at radius 3 is 2.61 bits per heavy atom. The van der Waals surface area contributed by atoms with E-state index in [9.17, 15) is 4.79 Å². The zero-order chi connectivity index (χ0) is 19.5. The van der Waals surface area contributed by atoms with Crippen molar-refractivity contribution in [3.05, 3.63) is 65.3 Å². The number of nitrogens with zero attached hydrogens (tertiary/aromatic N) is 4. The fourth-order valence-corrected chi connectivity index (χ4v) is 3.82. The van der Waals surface area contributed by atoms with Gasteiger partial charge in [-0.05, 0) is 56.9 Å². The summed E-state index contributed by atoms with van der Waals surface area (Å²) >= 11 is 0. The lowest BCUT2D eigenvalue weighted by molar-refractivity contribution is 0.0687. The van der Waals surface area contributed by atoms with E-state index in [0.717, 1.165) is 54.6 Å². The molecule has 1 aromatic carbocycles. The number of pyridine rings is 1. The van der Waals surface area contributed by atoms with Gasteiger partial charge in [-0.15, -0.1) is 0 Å². The van der Waals surface area contributed by atoms with Crippen molar-refractivity contribution in [2.75, 3.05) is 13.1 Å². The highest BCUT2D eigenvalue weighted by Gasteiger charge is 2.25. The molecule has 6 heteroatoms. The van der Waals surface area contributed by atoms with E-state index in [1.54, 1.807) is 12.4 Å². The van der Waals surface area contributed by atoms with Crippen LogP contribution in [-0.2, 0) is 6.42 Å². The van der Waals surface area contributed by atoms with Crippen LogP contribution in [0.25, 0.3) is 11.4 Å². The van der Waals surface area contributed by atoms with Crippen LogP contribution in [0, 0.1) is 19.8 Å². The summed E-state index contributed by atoms with van der Waals surface area (Å²) in [6.07, 6.45) is 6.09. The van der Waals surface area contributed by atoms with E-state index in [1.807, 2.05) is 43.0 Å². The van der Waals surface area contributed by atoms with Crippen LogP contribution in [0.15, 0.2) is 47.2 Å². The van der Waals surface area contributed by atoms with Gasteiger partial charge >= 0.3 is 0 Å². The van der Waals surface area contributed by atoms with Crippen LogP contribution in [-0.4, -0.2) is 39.0 Å². The Bertz CT molecular complexity index is 939. The average Bonchev–Trinajstić information content (AvgIpc) is 3.16. The highest BCUT2D eigenvalue weighted by atomic mass is 16.5. The van der Waals surface area contributed by atoms with E-state index in [4.69, 9.17) is 4.52 Å². The predicted octanol–water partition coefficient (Wildman–Crippen LogP) is 3.84. The van der Waals surface area contributed by atoms with Gasteiger partial charge in [-0.2, -0.15) is 4.98 Å². The maximum atomic E-state index is 12.8. The predicted molar refractivity (Wildman–Crippen MR) is 106 cm³/mol. The minimum atomic E-state index is 0.127. The Kier molecular flexibility index (Phi) is 5.19. The molecule has 4 rings (SSSR count). The maximum Gasteiger partial charge on any atom is 0.253 e. The monoisotopic (exact) mass is 376 g/mol. The lowest BCUT2D eigenvalue weighted by Gasteiger charge is -2.31.